The molecule has 9 heteroatoms. The van der Waals surface area contributed by atoms with E-state index in [4.69, 9.17) is 4.74 Å². The van der Waals surface area contributed by atoms with Gasteiger partial charge in [-0.05, 0) is 48.7 Å². The Morgan fingerprint density at radius 3 is 2.36 bits per heavy atom. The number of amides is 1. The smallest absolute Gasteiger partial charge is 0.243 e. The van der Waals surface area contributed by atoms with Gasteiger partial charge in [0.1, 0.15) is 11.6 Å². The highest BCUT2D eigenvalue weighted by Gasteiger charge is 2.23. The molecule has 0 fully saturated rings. The van der Waals surface area contributed by atoms with Crippen LogP contribution in [0.4, 0.5) is 10.1 Å². The fourth-order valence-corrected chi connectivity index (χ4v) is 4.33. The zero-order chi connectivity index (χ0) is 20.7. The Morgan fingerprint density at radius 2 is 1.79 bits per heavy atom. The predicted molar refractivity (Wildman–Crippen MR) is 110 cm³/mol. The Labute approximate surface area is 169 Å². The molecule has 0 aliphatic carbocycles. The van der Waals surface area contributed by atoms with E-state index in [9.17, 15) is 17.6 Å². The molecule has 0 saturated carbocycles. The average molecular weight is 427 g/mol. The number of carbonyl (C=O) groups is 1. The van der Waals surface area contributed by atoms with Crippen LogP contribution in [-0.2, 0) is 14.8 Å². The van der Waals surface area contributed by atoms with E-state index in [1.54, 1.807) is 20.1 Å². The van der Waals surface area contributed by atoms with Gasteiger partial charge in [-0.3, -0.25) is 4.79 Å². The normalized spacial score (nSPS) is 11.5. The SMILES string of the molecule is CCN(CC)S(=O)(=O)c1ccc(Oc2ccc(F)cc2)c(NC(=O)CSC)c1. The molecule has 0 spiro atoms. The van der Waals surface area contributed by atoms with Crippen LogP contribution in [0, 0.1) is 5.82 Å². The lowest BCUT2D eigenvalue weighted by Gasteiger charge is -2.20. The second-order valence-electron chi connectivity index (χ2n) is 5.78. The van der Waals surface area contributed by atoms with Gasteiger partial charge in [-0.2, -0.15) is 16.1 Å². The van der Waals surface area contributed by atoms with Crippen LogP contribution in [0.5, 0.6) is 11.5 Å². The van der Waals surface area contributed by atoms with Gasteiger partial charge >= 0.3 is 0 Å². The van der Waals surface area contributed by atoms with E-state index >= 15 is 0 Å². The second-order valence-corrected chi connectivity index (χ2v) is 8.59. The van der Waals surface area contributed by atoms with E-state index in [-0.39, 0.29) is 28.0 Å². The van der Waals surface area contributed by atoms with Crippen LogP contribution in [-0.4, -0.2) is 43.7 Å². The number of benzene rings is 2. The van der Waals surface area contributed by atoms with Crippen molar-refractivity contribution >= 4 is 33.4 Å². The van der Waals surface area contributed by atoms with Crippen LogP contribution in [0.1, 0.15) is 13.8 Å². The minimum atomic E-state index is -3.70. The van der Waals surface area contributed by atoms with Crippen LogP contribution >= 0.6 is 11.8 Å². The molecular weight excluding hydrogens is 403 g/mol. The Morgan fingerprint density at radius 1 is 1.14 bits per heavy atom. The van der Waals surface area contributed by atoms with Gasteiger partial charge < -0.3 is 10.1 Å². The van der Waals surface area contributed by atoms with E-state index < -0.39 is 15.8 Å². The minimum Gasteiger partial charge on any atom is -0.455 e. The van der Waals surface area contributed by atoms with Crippen molar-refractivity contribution in [1.82, 2.24) is 4.31 Å². The number of rotatable bonds is 9. The third-order valence-corrected chi connectivity index (χ3v) is 6.48. The molecule has 0 atom stereocenters. The topological polar surface area (TPSA) is 75.7 Å². The van der Waals surface area contributed by atoms with Crippen molar-refractivity contribution in [1.29, 1.82) is 0 Å². The molecule has 0 aromatic heterocycles. The summed E-state index contributed by atoms with van der Waals surface area (Å²) in [5.41, 5.74) is 0.233. The summed E-state index contributed by atoms with van der Waals surface area (Å²) in [6, 6.07) is 9.68. The molecule has 152 valence electrons. The van der Waals surface area contributed by atoms with Gasteiger partial charge in [-0.1, -0.05) is 13.8 Å². The van der Waals surface area contributed by atoms with Gasteiger partial charge in [0.05, 0.1) is 16.3 Å². The summed E-state index contributed by atoms with van der Waals surface area (Å²) in [6.45, 7) is 4.18. The van der Waals surface area contributed by atoms with Crippen molar-refractivity contribution in [3.8, 4) is 11.5 Å². The van der Waals surface area contributed by atoms with E-state index in [1.165, 1.54) is 58.5 Å². The zero-order valence-corrected chi connectivity index (χ0v) is 17.6. The molecule has 6 nitrogen and oxygen atoms in total. The average Bonchev–Trinajstić information content (AvgIpc) is 2.65. The Balaban J connectivity index is 2.44. The predicted octanol–water partition coefficient (Wildman–Crippen LogP) is 3.95. The summed E-state index contributed by atoms with van der Waals surface area (Å²) in [5.74, 6) is 0.152. The van der Waals surface area contributed by atoms with Crippen molar-refractivity contribution in [2.45, 2.75) is 18.7 Å². The van der Waals surface area contributed by atoms with E-state index in [0.717, 1.165) is 0 Å². The number of hydrogen-bond donors (Lipinski definition) is 1. The van der Waals surface area contributed by atoms with Crippen LogP contribution in [0.2, 0.25) is 0 Å². The lowest BCUT2D eigenvalue weighted by molar-refractivity contribution is -0.113. The number of nitrogens with zero attached hydrogens (tertiary/aromatic N) is 1. The third-order valence-electron chi connectivity index (χ3n) is 3.89. The van der Waals surface area contributed by atoms with Gasteiger partial charge in [0, 0.05) is 13.1 Å². The van der Waals surface area contributed by atoms with Gasteiger partial charge in [0.25, 0.3) is 0 Å². The van der Waals surface area contributed by atoms with Crippen molar-refractivity contribution in [3.05, 3.63) is 48.3 Å². The lowest BCUT2D eigenvalue weighted by atomic mass is 10.2. The second kappa shape index (κ2) is 9.90. The third kappa shape index (κ3) is 5.46. The molecule has 0 aliphatic heterocycles. The van der Waals surface area contributed by atoms with Crippen LogP contribution in [0.3, 0.4) is 0 Å². The maximum Gasteiger partial charge on any atom is 0.243 e. The molecule has 2 aromatic carbocycles. The van der Waals surface area contributed by atoms with E-state index in [0.29, 0.717) is 18.8 Å². The summed E-state index contributed by atoms with van der Waals surface area (Å²) in [4.78, 5) is 12.1. The summed E-state index contributed by atoms with van der Waals surface area (Å²) in [7, 11) is -3.70. The molecule has 0 bridgehead atoms. The van der Waals surface area contributed by atoms with Gasteiger partial charge in [-0.15, -0.1) is 0 Å². The number of carbonyl (C=O) groups excluding carboxylic acids is 1. The fraction of sp³-hybridized carbons (Fsp3) is 0.316. The first-order chi connectivity index (χ1) is 13.3. The number of nitrogens with one attached hydrogen (secondary N) is 1. The Bertz CT molecular complexity index is 914. The first kappa shape index (κ1) is 22.2. The van der Waals surface area contributed by atoms with E-state index in [2.05, 4.69) is 5.32 Å². The number of hydrogen-bond acceptors (Lipinski definition) is 5. The van der Waals surface area contributed by atoms with Gasteiger partial charge in [-0.25, -0.2) is 12.8 Å². The van der Waals surface area contributed by atoms with Crippen molar-refractivity contribution in [2.75, 3.05) is 30.4 Å². The highest BCUT2D eigenvalue weighted by Crippen LogP contribution is 2.33. The Hall–Kier alpha value is -2.10. The van der Waals surface area contributed by atoms with Crippen molar-refractivity contribution in [2.24, 2.45) is 0 Å². The first-order valence-corrected chi connectivity index (χ1v) is 11.5. The maximum absolute atomic E-state index is 13.1. The Kier molecular flexibility index (Phi) is 7.85. The molecule has 0 unspecified atom stereocenters. The maximum atomic E-state index is 13.1. The fourth-order valence-electron chi connectivity index (χ4n) is 2.52. The highest BCUT2D eigenvalue weighted by molar-refractivity contribution is 7.99. The van der Waals surface area contributed by atoms with Gasteiger partial charge in [0.15, 0.2) is 5.75 Å². The number of sulfonamides is 1. The number of thioether (sulfide) groups is 1. The summed E-state index contributed by atoms with van der Waals surface area (Å²) < 4.78 is 45.7. The lowest BCUT2D eigenvalue weighted by Crippen LogP contribution is -2.30. The molecule has 0 radical (unpaired) electrons. The molecule has 0 heterocycles. The number of anilines is 1. The van der Waals surface area contributed by atoms with Crippen LogP contribution < -0.4 is 10.1 Å². The molecule has 1 N–H and O–H groups in total. The van der Waals surface area contributed by atoms with Crippen LogP contribution in [0.15, 0.2) is 47.4 Å². The molecular formula is C19H23FN2O4S2. The van der Waals surface area contributed by atoms with Crippen molar-refractivity contribution < 1.29 is 22.3 Å². The summed E-state index contributed by atoms with van der Waals surface area (Å²) >= 11 is 1.34. The molecule has 1 amide bonds. The zero-order valence-electron chi connectivity index (χ0n) is 15.9. The van der Waals surface area contributed by atoms with Gasteiger partial charge in [0.2, 0.25) is 15.9 Å². The summed E-state index contributed by atoms with van der Waals surface area (Å²) in [5, 5.41) is 2.69. The first-order valence-electron chi connectivity index (χ1n) is 8.68. The van der Waals surface area contributed by atoms with Crippen LogP contribution in [0.25, 0.3) is 0 Å². The highest BCUT2D eigenvalue weighted by atomic mass is 32.2. The molecule has 2 rings (SSSR count). The quantitative estimate of drug-likeness (QED) is 0.657. The molecule has 0 saturated heterocycles. The molecule has 2 aromatic rings. The number of ether oxygens (including phenoxy) is 1. The van der Waals surface area contributed by atoms with E-state index in [1.807, 2.05) is 0 Å². The summed E-state index contributed by atoms with van der Waals surface area (Å²) in [6.07, 6.45) is 1.79. The minimum absolute atomic E-state index is 0.0575. The molecule has 0 aliphatic rings. The number of halogens is 1. The monoisotopic (exact) mass is 426 g/mol. The largest absolute Gasteiger partial charge is 0.455 e. The van der Waals surface area contributed by atoms with Crippen molar-refractivity contribution in [3.63, 3.8) is 0 Å². The standard InChI is InChI=1S/C19H23FN2O4S2/c1-4-22(5-2)28(24,25)16-10-11-18(17(12-16)21-19(23)13-27-3)26-15-8-6-14(20)7-9-15/h6-12H,4-5,13H2,1-3H3,(H,21,23). The molecule has 28 heavy (non-hydrogen) atoms.